The average Bonchev–Trinajstić information content (AvgIpc) is 3.20. The Morgan fingerprint density at radius 2 is 1.76 bits per heavy atom. The maximum absolute atomic E-state index is 14.6. The van der Waals surface area contributed by atoms with E-state index in [-0.39, 0.29) is 17.8 Å². The van der Waals surface area contributed by atoms with Crippen LogP contribution in [0.3, 0.4) is 0 Å². The van der Waals surface area contributed by atoms with E-state index in [1.54, 1.807) is 23.2 Å². The number of aryl methyl sites for hydroxylation is 1. The normalized spacial score (nSPS) is 11.3. The van der Waals surface area contributed by atoms with E-state index in [2.05, 4.69) is 30.6 Å². The molecule has 0 aliphatic carbocycles. The summed E-state index contributed by atoms with van der Waals surface area (Å²) in [4.78, 5) is 28.4. The van der Waals surface area contributed by atoms with Gasteiger partial charge >= 0.3 is 6.18 Å². The lowest BCUT2D eigenvalue weighted by Gasteiger charge is -2.10. The van der Waals surface area contributed by atoms with E-state index in [0.717, 1.165) is 12.3 Å². The first-order valence-corrected chi connectivity index (χ1v) is 9.86. The second-order valence-electron chi connectivity index (χ2n) is 7.30. The largest absolute Gasteiger partial charge is 0.416 e. The van der Waals surface area contributed by atoms with Crippen molar-refractivity contribution in [2.45, 2.75) is 12.6 Å². The molecular formula is C22H17F4N7O. The Labute approximate surface area is 190 Å². The lowest BCUT2D eigenvalue weighted by molar-refractivity contribution is -0.137. The second-order valence-corrected chi connectivity index (χ2v) is 7.30. The van der Waals surface area contributed by atoms with Crippen LogP contribution in [-0.4, -0.2) is 30.4 Å². The molecule has 0 saturated heterocycles. The molecule has 34 heavy (non-hydrogen) atoms. The van der Waals surface area contributed by atoms with Gasteiger partial charge in [0.1, 0.15) is 11.6 Å². The molecule has 3 heterocycles. The van der Waals surface area contributed by atoms with Gasteiger partial charge in [0.15, 0.2) is 5.82 Å². The number of hydrogen-bond acceptors (Lipinski definition) is 6. The molecule has 0 fully saturated rings. The van der Waals surface area contributed by atoms with Crippen molar-refractivity contribution in [3.63, 3.8) is 0 Å². The minimum absolute atomic E-state index is 0.0718. The van der Waals surface area contributed by atoms with Crippen LogP contribution in [0.5, 0.6) is 0 Å². The maximum Gasteiger partial charge on any atom is 0.416 e. The first-order chi connectivity index (χ1) is 16.2. The summed E-state index contributed by atoms with van der Waals surface area (Å²) in [5.41, 5.74) is 0.166. The van der Waals surface area contributed by atoms with Crippen LogP contribution >= 0.6 is 0 Å². The van der Waals surface area contributed by atoms with Gasteiger partial charge in [-0.25, -0.2) is 24.3 Å². The van der Waals surface area contributed by atoms with E-state index in [9.17, 15) is 22.4 Å². The molecule has 0 spiro atoms. The number of nitrogens with one attached hydrogen (secondary N) is 2. The van der Waals surface area contributed by atoms with Crippen LogP contribution < -0.4 is 10.6 Å². The first-order valence-electron chi connectivity index (χ1n) is 9.86. The van der Waals surface area contributed by atoms with Crippen LogP contribution in [0.1, 0.15) is 11.1 Å². The van der Waals surface area contributed by atoms with E-state index in [1.807, 2.05) is 7.05 Å². The van der Waals surface area contributed by atoms with Crippen molar-refractivity contribution in [2.75, 3.05) is 10.6 Å². The van der Waals surface area contributed by atoms with E-state index in [4.69, 9.17) is 0 Å². The molecule has 0 bridgehead atoms. The van der Waals surface area contributed by atoms with Gasteiger partial charge < -0.3 is 15.2 Å². The molecule has 1 amide bonds. The summed E-state index contributed by atoms with van der Waals surface area (Å²) in [6.45, 7) is 0. The topological polar surface area (TPSA) is 97.6 Å². The van der Waals surface area contributed by atoms with Crippen LogP contribution in [0.2, 0.25) is 0 Å². The predicted octanol–water partition coefficient (Wildman–Crippen LogP) is 4.35. The van der Waals surface area contributed by atoms with E-state index < -0.39 is 23.5 Å². The van der Waals surface area contributed by atoms with Gasteiger partial charge in [-0.1, -0.05) is 12.1 Å². The highest BCUT2D eigenvalue weighted by molar-refractivity contribution is 5.91. The van der Waals surface area contributed by atoms with Crippen molar-refractivity contribution >= 4 is 23.5 Å². The number of imidazole rings is 1. The van der Waals surface area contributed by atoms with Gasteiger partial charge in [0, 0.05) is 37.4 Å². The molecule has 1 aromatic carbocycles. The lowest BCUT2D eigenvalue weighted by atomic mass is 10.0. The Morgan fingerprint density at radius 1 is 1.00 bits per heavy atom. The predicted molar refractivity (Wildman–Crippen MR) is 115 cm³/mol. The Bertz CT molecular complexity index is 1320. The van der Waals surface area contributed by atoms with Gasteiger partial charge in [0.25, 0.3) is 0 Å². The second kappa shape index (κ2) is 9.25. The molecule has 2 N–H and O–H groups in total. The molecule has 4 aromatic rings. The zero-order valence-electron chi connectivity index (χ0n) is 17.6. The zero-order chi connectivity index (χ0) is 24.3. The van der Waals surface area contributed by atoms with Crippen LogP contribution in [-0.2, 0) is 24.4 Å². The van der Waals surface area contributed by atoms with E-state index in [1.165, 1.54) is 24.5 Å². The van der Waals surface area contributed by atoms with Crippen molar-refractivity contribution in [2.24, 2.45) is 7.05 Å². The molecule has 0 radical (unpaired) electrons. The highest BCUT2D eigenvalue weighted by Gasteiger charge is 2.30. The summed E-state index contributed by atoms with van der Waals surface area (Å²) in [5.74, 6) is -0.732. The number of halogens is 4. The van der Waals surface area contributed by atoms with Gasteiger partial charge in [-0.15, -0.1) is 0 Å². The first kappa shape index (κ1) is 22.8. The summed E-state index contributed by atoms with van der Waals surface area (Å²) in [6, 6.07) is 5.75. The third kappa shape index (κ3) is 5.52. The zero-order valence-corrected chi connectivity index (χ0v) is 17.6. The average molecular weight is 471 g/mol. The summed E-state index contributed by atoms with van der Waals surface area (Å²) >= 11 is 0. The minimum Gasteiger partial charge on any atom is -0.338 e. The van der Waals surface area contributed by atoms with Crippen molar-refractivity contribution in [3.8, 4) is 11.1 Å². The van der Waals surface area contributed by atoms with E-state index >= 15 is 0 Å². The SMILES string of the molecule is Cn1cnc(Nc2ncc(-c3ccc(CC(=O)Nc4cc(C(F)(F)F)ccn4)c(F)c3)cn2)c1. The quantitative estimate of drug-likeness (QED) is 0.406. The third-order valence-corrected chi connectivity index (χ3v) is 4.69. The van der Waals surface area contributed by atoms with Gasteiger partial charge in [-0.3, -0.25) is 4.79 Å². The number of pyridine rings is 1. The number of benzene rings is 1. The van der Waals surface area contributed by atoms with Crippen LogP contribution in [0, 0.1) is 5.82 Å². The maximum atomic E-state index is 14.6. The van der Waals surface area contributed by atoms with Gasteiger partial charge in [-0.2, -0.15) is 13.2 Å². The molecule has 3 aromatic heterocycles. The Balaban J connectivity index is 1.41. The summed E-state index contributed by atoms with van der Waals surface area (Å²) in [5, 5.41) is 5.19. The Hall–Kier alpha value is -4.35. The van der Waals surface area contributed by atoms with Crippen LogP contribution in [0.15, 0.2) is 61.4 Å². The molecule has 12 heteroatoms. The monoisotopic (exact) mass is 471 g/mol. The number of anilines is 3. The number of rotatable bonds is 6. The van der Waals surface area contributed by atoms with E-state index in [0.29, 0.717) is 29.0 Å². The van der Waals surface area contributed by atoms with Crippen molar-refractivity contribution in [1.29, 1.82) is 0 Å². The third-order valence-electron chi connectivity index (χ3n) is 4.69. The number of carbonyl (C=O) groups is 1. The summed E-state index contributed by atoms with van der Waals surface area (Å²) in [7, 11) is 1.83. The molecule has 174 valence electrons. The van der Waals surface area contributed by atoms with Gasteiger partial charge in [0.2, 0.25) is 11.9 Å². The van der Waals surface area contributed by atoms with Crippen LogP contribution in [0.25, 0.3) is 11.1 Å². The number of aromatic nitrogens is 5. The number of hydrogen-bond donors (Lipinski definition) is 2. The minimum atomic E-state index is -4.57. The molecule has 4 rings (SSSR count). The van der Waals surface area contributed by atoms with Crippen LogP contribution in [0.4, 0.5) is 35.1 Å². The van der Waals surface area contributed by atoms with Gasteiger partial charge in [0.05, 0.1) is 18.3 Å². The molecule has 0 saturated carbocycles. The molecule has 8 nitrogen and oxygen atoms in total. The molecular weight excluding hydrogens is 454 g/mol. The number of alkyl halides is 3. The lowest BCUT2D eigenvalue weighted by Crippen LogP contribution is -2.17. The molecule has 0 atom stereocenters. The highest BCUT2D eigenvalue weighted by Crippen LogP contribution is 2.30. The number of nitrogens with zero attached hydrogens (tertiary/aromatic N) is 5. The fourth-order valence-corrected chi connectivity index (χ4v) is 3.04. The molecule has 0 aliphatic rings. The fraction of sp³-hybridized carbons (Fsp3) is 0.136. The van der Waals surface area contributed by atoms with Crippen molar-refractivity contribution in [3.05, 3.63) is 78.4 Å². The van der Waals surface area contributed by atoms with Crippen molar-refractivity contribution < 1.29 is 22.4 Å². The molecule has 0 aliphatic heterocycles. The Morgan fingerprint density at radius 3 is 2.41 bits per heavy atom. The molecule has 0 unspecified atom stereocenters. The summed E-state index contributed by atoms with van der Waals surface area (Å²) < 4.78 is 54.8. The van der Waals surface area contributed by atoms with Gasteiger partial charge in [-0.05, 0) is 29.3 Å². The van der Waals surface area contributed by atoms with Crippen molar-refractivity contribution in [1.82, 2.24) is 24.5 Å². The number of carbonyl (C=O) groups excluding carboxylic acids is 1. The number of amides is 1. The standard InChI is InChI=1S/C22H17F4N7O/c1-33-11-19(30-12-33)32-21-28-9-15(10-29-21)13-2-3-14(17(23)6-13)7-20(34)31-18-8-16(4-5-27-18)22(24,25)26/h2-6,8-12H,7H2,1H3,(H,27,31,34)(H,28,29,32). The smallest absolute Gasteiger partial charge is 0.338 e. The summed E-state index contributed by atoms with van der Waals surface area (Å²) in [6.07, 6.45) is 2.39. The Kier molecular flexibility index (Phi) is 6.21. The fourth-order valence-electron chi connectivity index (χ4n) is 3.04. The highest BCUT2D eigenvalue weighted by atomic mass is 19.4.